The van der Waals surface area contributed by atoms with Gasteiger partial charge in [0.2, 0.25) is 5.96 Å². The smallest absolute Gasteiger partial charge is 0.236 e. The van der Waals surface area contributed by atoms with Crippen LogP contribution < -0.4 is 22.1 Å². The van der Waals surface area contributed by atoms with Gasteiger partial charge in [0.25, 0.3) is 0 Å². The van der Waals surface area contributed by atoms with E-state index in [2.05, 4.69) is 21.5 Å². The molecule has 0 aliphatic carbocycles. The first-order chi connectivity index (χ1) is 7.75. The Balaban J connectivity index is 2.00. The van der Waals surface area contributed by atoms with Crippen molar-refractivity contribution >= 4 is 11.7 Å². The Morgan fingerprint density at radius 1 is 1.25 bits per heavy atom. The lowest BCUT2D eigenvalue weighted by Crippen LogP contribution is -2.43. The molecule has 0 atom stereocenters. The van der Waals surface area contributed by atoms with E-state index in [1.165, 1.54) is 12.1 Å². The quantitative estimate of drug-likeness (QED) is 0.518. The first-order valence-electron chi connectivity index (χ1n) is 4.67. The maximum absolute atomic E-state index is 12.8. The van der Waals surface area contributed by atoms with Crippen LogP contribution in [0.3, 0.4) is 0 Å². The first-order valence-corrected chi connectivity index (χ1v) is 4.67. The fraction of sp³-hybridized carbons (Fsp3) is 0. The zero-order valence-corrected chi connectivity index (χ0v) is 8.16. The number of nitrogens with one attached hydrogen (secondary N) is 3. The van der Waals surface area contributed by atoms with Crippen molar-refractivity contribution in [2.45, 2.75) is 0 Å². The third-order valence-corrected chi connectivity index (χ3v) is 2.39. The number of nitrogens with zero attached hydrogens (tertiary/aromatic N) is 2. The highest BCUT2D eigenvalue weighted by molar-refractivity contribution is 5.85. The van der Waals surface area contributed by atoms with Crippen LogP contribution in [0.25, 0.3) is 5.70 Å². The lowest BCUT2D eigenvalue weighted by atomic mass is 10.1. The van der Waals surface area contributed by atoms with E-state index < -0.39 is 0 Å². The van der Waals surface area contributed by atoms with Crippen LogP contribution in [0.15, 0.2) is 35.2 Å². The van der Waals surface area contributed by atoms with Gasteiger partial charge in [0, 0.05) is 5.56 Å². The summed E-state index contributed by atoms with van der Waals surface area (Å²) in [5.41, 5.74) is 15.8. The van der Waals surface area contributed by atoms with E-state index in [9.17, 15) is 4.39 Å². The third kappa shape index (κ3) is 1.18. The van der Waals surface area contributed by atoms with Crippen LogP contribution >= 0.6 is 0 Å². The minimum Gasteiger partial charge on any atom is -0.367 e. The molecule has 82 valence electrons. The predicted octanol–water partition coefficient (Wildman–Crippen LogP) is -0.391. The molecule has 2 heterocycles. The minimum atomic E-state index is -0.271. The molecular formula is C9H9FN6. The van der Waals surface area contributed by atoms with Crippen LogP contribution in [0.5, 0.6) is 0 Å². The molecule has 0 saturated heterocycles. The second-order valence-corrected chi connectivity index (χ2v) is 3.38. The number of nitrogens with two attached hydrogens (primary N) is 1. The molecule has 0 bridgehead atoms. The maximum atomic E-state index is 12.8. The number of fused-ring (bicyclic) bond motifs is 1. The summed E-state index contributed by atoms with van der Waals surface area (Å²) in [7, 11) is 0. The van der Waals surface area contributed by atoms with Gasteiger partial charge in [-0.15, -0.1) is 10.6 Å². The highest BCUT2D eigenvalue weighted by Gasteiger charge is 2.29. The Hall–Kier alpha value is -2.28. The predicted molar refractivity (Wildman–Crippen MR) is 56.2 cm³/mol. The van der Waals surface area contributed by atoms with Crippen LogP contribution in [-0.2, 0) is 0 Å². The summed E-state index contributed by atoms with van der Waals surface area (Å²) in [6.45, 7) is 0. The topological polar surface area (TPSA) is 77.7 Å². The molecule has 0 fully saturated rings. The Morgan fingerprint density at radius 2 is 2.00 bits per heavy atom. The van der Waals surface area contributed by atoms with Gasteiger partial charge < -0.3 is 5.73 Å². The molecule has 0 spiro atoms. The van der Waals surface area contributed by atoms with Crippen LogP contribution in [0.1, 0.15) is 5.56 Å². The van der Waals surface area contributed by atoms with Crippen LogP contribution in [0.4, 0.5) is 4.39 Å². The number of hydrogen-bond acceptors (Lipinski definition) is 6. The Bertz CT molecular complexity index is 491. The average molecular weight is 220 g/mol. The fourth-order valence-electron chi connectivity index (χ4n) is 1.60. The number of hydrogen-bond donors (Lipinski definition) is 4. The molecule has 0 unspecified atom stereocenters. The van der Waals surface area contributed by atoms with Gasteiger partial charge in [-0.2, -0.15) is 0 Å². The summed E-state index contributed by atoms with van der Waals surface area (Å²) < 4.78 is 12.8. The van der Waals surface area contributed by atoms with Crippen LogP contribution in [0, 0.1) is 5.82 Å². The number of rotatable bonds is 1. The van der Waals surface area contributed by atoms with E-state index in [0.29, 0.717) is 11.8 Å². The van der Waals surface area contributed by atoms with E-state index in [-0.39, 0.29) is 5.82 Å². The van der Waals surface area contributed by atoms with Gasteiger partial charge in [-0.25, -0.2) is 9.40 Å². The second kappa shape index (κ2) is 3.11. The zero-order chi connectivity index (χ0) is 11.1. The van der Waals surface area contributed by atoms with Gasteiger partial charge in [-0.05, 0) is 24.3 Å². The minimum absolute atomic E-state index is 0.271. The Kier molecular flexibility index (Phi) is 1.74. The summed E-state index contributed by atoms with van der Waals surface area (Å²) in [6.07, 6.45) is 0. The van der Waals surface area contributed by atoms with Crippen LogP contribution in [-0.4, -0.2) is 11.0 Å². The molecule has 2 aliphatic rings. The average Bonchev–Trinajstić information content (AvgIpc) is 2.84. The summed E-state index contributed by atoms with van der Waals surface area (Å²) in [5, 5.41) is 5.42. The van der Waals surface area contributed by atoms with Gasteiger partial charge in [0.05, 0.1) is 0 Å². The summed E-state index contributed by atoms with van der Waals surface area (Å²) in [5.74, 6) is 0.746. The standard InChI is InChI=1S/C9H9FN6/c10-6-3-1-5(2-4-6)7-8-13-14-9(11)16(8)15-12-7/h1-4,12-13,15H,(H2,11,14). The zero-order valence-electron chi connectivity index (χ0n) is 8.16. The molecule has 16 heavy (non-hydrogen) atoms. The normalized spacial score (nSPS) is 18.1. The largest absolute Gasteiger partial charge is 0.367 e. The Labute approximate surface area is 90.5 Å². The van der Waals surface area contributed by atoms with E-state index in [1.54, 1.807) is 17.1 Å². The molecule has 0 radical (unpaired) electrons. The summed E-state index contributed by atoms with van der Waals surface area (Å²) in [6, 6.07) is 6.14. The van der Waals surface area contributed by atoms with E-state index in [1.807, 2.05) is 0 Å². The lowest BCUT2D eigenvalue weighted by molar-refractivity contribution is 0.383. The lowest BCUT2D eigenvalue weighted by Gasteiger charge is -2.09. The van der Waals surface area contributed by atoms with Crippen molar-refractivity contribution in [3.8, 4) is 0 Å². The molecule has 2 aliphatic heterocycles. The van der Waals surface area contributed by atoms with E-state index in [4.69, 9.17) is 5.73 Å². The molecule has 3 rings (SSSR count). The van der Waals surface area contributed by atoms with Gasteiger partial charge in [-0.3, -0.25) is 10.9 Å². The van der Waals surface area contributed by atoms with Crippen molar-refractivity contribution in [2.24, 2.45) is 10.8 Å². The van der Waals surface area contributed by atoms with E-state index in [0.717, 1.165) is 11.3 Å². The number of halogens is 1. The highest BCUT2D eigenvalue weighted by Crippen LogP contribution is 2.22. The van der Waals surface area contributed by atoms with Gasteiger partial charge in [0.15, 0.2) is 5.82 Å². The molecule has 1 aromatic carbocycles. The SMILES string of the molecule is NC1=NNC2=C(c3ccc(F)cc3)NNN12. The highest BCUT2D eigenvalue weighted by atomic mass is 19.1. The molecule has 6 nitrogen and oxygen atoms in total. The summed E-state index contributed by atoms with van der Waals surface area (Å²) in [4.78, 5) is 0. The van der Waals surface area contributed by atoms with Crippen molar-refractivity contribution in [1.82, 2.24) is 21.4 Å². The first kappa shape index (κ1) is 8.98. The van der Waals surface area contributed by atoms with Gasteiger partial charge >= 0.3 is 0 Å². The molecule has 7 heteroatoms. The molecular weight excluding hydrogens is 211 g/mol. The van der Waals surface area contributed by atoms with Gasteiger partial charge in [-0.1, -0.05) is 0 Å². The monoisotopic (exact) mass is 220 g/mol. The van der Waals surface area contributed by atoms with E-state index >= 15 is 0 Å². The molecule has 0 amide bonds. The maximum Gasteiger partial charge on any atom is 0.236 e. The van der Waals surface area contributed by atoms with Crippen molar-refractivity contribution in [1.29, 1.82) is 0 Å². The van der Waals surface area contributed by atoms with Crippen molar-refractivity contribution in [2.75, 3.05) is 0 Å². The molecule has 5 N–H and O–H groups in total. The second-order valence-electron chi connectivity index (χ2n) is 3.38. The number of hydrazone groups is 1. The van der Waals surface area contributed by atoms with Crippen molar-refractivity contribution in [3.63, 3.8) is 0 Å². The van der Waals surface area contributed by atoms with Gasteiger partial charge in [0.1, 0.15) is 11.5 Å². The molecule has 1 aromatic rings. The van der Waals surface area contributed by atoms with Crippen LogP contribution in [0.2, 0.25) is 0 Å². The molecule has 0 saturated carbocycles. The third-order valence-electron chi connectivity index (χ3n) is 2.39. The Morgan fingerprint density at radius 3 is 2.75 bits per heavy atom. The number of guanidine groups is 1. The summed E-state index contributed by atoms with van der Waals surface area (Å²) >= 11 is 0. The van der Waals surface area contributed by atoms with Crippen molar-refractivity contribution < 1.29 is 4.39 Å². The number of benzene rings is 1. The molecule has 0 aromatic heterocycles. The van der Waals surface area contributed by atoms with Crippen molar-refractivity contribution in [3.05, 3.63) is 41.5 Å². The number of hydrazine groups is 2. The fourth-order valence-corrected chi connectivity index (χ4v) is 1.60.